The van der Waals surface area contributed by atoms with E-state index in [4.69, 9.17) is 4.74 Å². The smallest absolute Gasteiger partial charge is 0.132 e. The molecule has 0 atom stereocenters. The van der Waals surface area contributed by atoms with Gasteiger partial charge < -0.3 is 9.64 Å². The van der Waals surface area contributed by atoms with Gasteiger partial charge in [0.15, 0.2) is 0 Å². The van der Waals surface area contributed by atoms with Gasteiger partial charge in [0.2, 0.25) is 0 Å². The molecule has 2 heterocycles. The van der Waals surface area contributed by atoms with Crippen LogP contribution in [0.3, 0.4) is 0 Å². The SMILES string of the molecule is CC1(C)c2ccccc2-c2ccc(N(c3ccccc3-c3ccccc3)c3cccc4c3sc3cc5c(cc34)-c3ccccc3C53c4ccccc4Oc4ccccc43)cc21. The van der Waals surface area contributed by atoms with E-state index in [1.54, 1.807) is 0 Å². The van der Waals surface area contributed by atoms with Gasteiger partial charge in [0.25, 0.3) is 0 Å². The van der Waals surface area contributed by atoms with Crippen molar-refractivity contribution >= 4 is 48.6 Å². The molecule has 0 radical (unpaired) electrons. The normalized spacial score (nSPS) is 14.5. The Bertz CT molecular complexity index is 3400. The van der Waals surface area contributed by atoms with Crippen LogP contribution in [0.5, 0.6) is 11.5 Å². The summed E-state index contributed by atoms with van der Waals surface area (Å²) in [6, 6.07) is 73.9. The van der Waals surface area contributed by atoms with Crippen molar-refractivity contribution < 1.29 is 4.74 Å². The van der Waals surface area contributed by atoms with E-state index in [0.717, 1.165) is 22.9 Å². The van der Waals surface area contributed by atoms with E-state index in [-0.39, 0.29) is 5.41 Å². The average molecular weight is 798 g/mol. The molecule has 1 aliphatic heterocycles. The third-order valence-corrected chi connectivity index (χ3v) is 14.9. The molecule has 2 nitrogen and oxygen atoms in total. The first-order valence-electron chi connectivity index (χ1n) is 21.2. The molecule has 13 rings (SSSR count). The van der Waals surface area contributed by atoms with Crippen molar-refractivity contribution in [3.8, 4) is 44.9 Å². The summed E-state index contributed by atoms with van der Waals surface area (Å²) in [4.78, 5) is 2.52. The number of fused-ring (bicyclic) bond motifs is 15. The summed E-state index contributed by atoms with van der Waals surface area (Å²) in [6.45, 7) is 4.74. The van der Waals surface area contributed by atoms with E-state index in [9.17, 15) is 0 Å². The summed E-state index contributed by atoms with van der Waals surface area (Å²) in [5.74, 6) is 1.83. The third-order valence-electron chi connectivity index (χ3n) is 13.7. The van der Waals surface area contributed by atoms with Crippen molar-refractivity contribution in [3.05, 3.63) is 234 Å². The fraction of sp³-hybridized carbons (Fsp3) is 0.0690. The second-order valence-corrected chi connectivity index (χ2v) is 18.2. The van der Waals surface area contributed by atoms with Crippen LogP contribution < -0.4 is 9.64 Å². The molecule has 0 unspecified atom stereocenters. The van der Waals surface area contributed by atoms with Gasteiger partial charge in [-0.15, -0.1) is 11.3 Å². The van der Waals surface area contributed by atoms with E-state index in [0.29, 0.717) is 0 Å². The minimum Gasteiger partial charge on any atom is -0.457 e. The van der Waals surface area contributed by atoms with Gasteiger partial charge in [-0.25, -0.2) is 0 Å². The molecule has 0 fully saturated rings. The Balaban J connectivity index is 1.08. The van der Waals surface area contributed by atoms with Crippen molar-refractivity contribution in [2.24, 2.45) is 0 Å². The Morgan fingerprint density at radius 1 is 0.410 bits per heavy atom. The van der Waals surface area contributed by atoms with E-state index in [1.807, 2.05) is 11.3 Å². The van der Waals surface area contributed by atoms with Gasteiger partial charge in [-0.1, -0.05) is 166 Å². The maximum Gasteiger partial charge on any atom is 0.132 e. The number of ether oxygens (including phenoxy) is 1. The highest BCUT2D eigenvalue weighted by Gasteiger charge is 2.51. The van der Waals surface area contributed by atoms with Crippen LogP contribution in [-0.4, -0.2) is 0 Å². The molecule has 0 saturated heterocycles. The number of anilines is 3. The molecule has 0 bridgehead atoms. The molecule has 9 aromatic carbocycles. The quantitative estimate of drug-likeness (QED) is 0.176. The molecular formula is C58H39NOS. The van der Waals surface area contributed by atoms with Crippen LogP contribution in [0.15, 0.2) is 200 Å². The van der Waals surface area contributed by atoms with Crippen molar-refractivity contribution in [1.82, 2.24) is 0 Å². The average Bonchev–Trinajstić information content (AvgIpc) is 3.90. The number of benzene rings is 9. The Hall–Kier alpha value is -7.20. The first-order valence-corrected chi connectivity index (χ1v) is 22.0. The Labute approximate surface area is 359 Å². The Morgan fingerprint density at radius 2 is 1.00 bits per heavy atom. The lowest BCUT2D eigenvalue weighted by molar-refractivity contribution is 0.436. The number of para-hydroxylation sites is 3. The lowest BCUT2D eigenvalue weighted by Gasteiger charge is -2.39. The van der Waals surface area contributed by atoms with Gasteiger partial charge in [0.05, 0.1) is 21.5 Å². The Kier molecular flexibility index (Phi) is 7.19. The number of hydrogen-bond donors (Lipinski definition) is 0. The minimum atomic E-state index is -0.514. The zero-order valence-corrected chi connectivity index (χ0v) is 34.6. The van der Waals surface area contributed by atoms with Gasteiger partial charge in [-0.2, -0.15) is 0 Å². The van der Waals surface area contributed by atoms with Gasteiger partial charge in [0.1, 0.15) is 11.5 Å². The fourth-order valence-corrected chi connectivity index (χ4v) is 12.3. The predicted molar refractivity (Wildman–Crippen MR) is 254 cm³/mol. The summed E-state index contributed by atoms with van der Waals surface area (Å²) in [5.41, 5.74) is 18.2. The van der Waals surface area contributed by atoms with Crippen LogP contribution in [0.4, 0.5) is 17.1 Å². The van der Waals surface area contributed by atoms with Crippen LogP contribution in [-0.2, 0) is 10.8 Å². The second-order valence-electron chi connectivity index (χ2n) is 17.2. The summed E-state index contributed by atoms with van der Waals surface area (Å²) >= 11 is 1.90. The van der Waals surface area contributed by atoms with Crippen molar-refractivity contribution in [2.45, 2.75) is 24.7 Å². The summed E-state index contributed by atoms with van der Waals surface area (Å²) in [5, 5.41) is 2.55. The highest BCUT2D eigenvalue weighted by atomic mass is 32.1. The zero-order valence-electron chi connectivity index (χ0n) is 33.8. The zero-order chi connectivity index (χ0) is 40.5. The molecule has 1 spiro atoms. The van der Waals surface area contributed by atoms with Crippen LogP contribution in [0.1, 0.15) is 47.2 Å². The van der Waals surface area contributed by atoms with Gasteiger partial charge in [-0.05, 0) is 98.6 Å². The monoisotopic (exact) mass is 797 g/mol. The minimum absolute atomic E-state index is 0.135. The maximum atomic E-state index is 6.65. The van der Waals surface area contributed by atoms with Crippen molar-refractivity contribution in [3.63, 3.8) is 0 Å². The van der Waals surface area contributed by atoms with Gasteiger partial charge >= 0.3 is 0 Å². The highest BCUT2D eigenvalue weighted by molar-refractivity contribution is 7.26. The van der Waals surface area contributed by atoms with Gasteiger partial charge in [0, 0.05) is 43.3 Å². The summed E-state index contributed by atoms with van der Waals surface area (Å²) in [7, 11) is 0. The van der Waals surface area contributed by atoms with E-state index >= 15 is 0 Å². The fourth-order valence-electron chi connectivity index (χ4n) is 11.1. The predicted octanol–water partition coefficient (Wildman–Crippen LogP) is 16.0. The number of rotatable bonds is 4. The maximum absolute atomic E-state index is 6.65. The lowest BCUT2D eigenvalue weighted by Crippen LogP contribution is -2.32. The first-order chi connectivity index (χ1) is 30.0. The molecule has 0 amide bonds. The first kappa shape index (κ1) is 34.6. The number of hydrogen-bond acceptors (Lipinski definition) is 3. The number of nitrogens with zero attached hydrogens (tertiary/aromatic N) is 1. The van der Waals surface area contributed by atoms with Crippen molar-refractivity contribution in [2.75, 3.05) is 4.90 Å². The molecule has 1 aromatic heterocycles. The van der Waals surface area contributed by atoms with Crippen molar-refractivity contribution in [1.29, 1.82) is 0 Å². The molecule has 3 heteroatoms. The molecule has 0 saturated carbocycles. The molecule has 10 aromatic rings. The topological polar surface area (TPSA) is 12.5 Å². The van der Waals surface area contributed by atoms with Gasteiger partial charge in [-0.3, -0.25) is 0 Å². The summed E-state index contributed by atoms with van der Waals surface area (Å²) in [6.07, 6.45) is 0. The summed E-state index contributed by atoms with van der Waals surface area (Å²) < 4.78 is 9.19. The molecule has 288 valence electrons. The van der Waals surface area contributed by atoms with E-state index < -0.39 is 5.41 Å². The lowest BCUT2D eigenvalue weighted by atomic mass is 9.66. The molecule has 0 N–H and O–H groups in total. The molecule has 3 aliphatic rings. The standard InChI is InChI=1S/C58H39NOS/c1-57(2)45-23-9-6-20-39(45)41-32-31-37(33-49(41)57)59(51-27-13-8-19-38(51)36-17-4-3-5-18-36)52-28-16-22-42-44-34-43-40-21-7-10-24-46(40)58(50(43)35-55(44)61-56(42)52)47-25-11-14-29-53(47)60-54-30-15-12-26-48(54)58/h3-35H,1-2H3. The highest BCUT2D eigenvalue weighted by Crippen LogP contribution is 2.63. The van der Waals surface area contributed by atoms with E-state index in [1.165, 1.54) is 92.6 Å². The largest absolute Gasteiger partial charge is 0.457 e. The van der Waals surface area contributed by atoms with Crippen LogP contribution >= 0.6 is 11.3 Å². The molecular weight excluding hydrogens is 759 g/mol. The number of thiophene rings is 1. The van der Waals surface area contributed by atoms with Crippen LogP contribution in [0.25, 0.3) is 53.6 Å². The molecule has 2 aliphatic carbocycles. The van der Waals surface area contributed by atoms with E-state index in [2.05, 4.69) is 219 Å². The van der Waals surface area contributed by atoms with Crippen LogP contribution in [0.2, 0.25) is 0 Å². The molecule has 61 heavy (non-hydrogen) atoms. The Morgan fingerprint density at radius 3 is 1.75 bits per heavy atom. The second kappa shape index (κ2) is 12.7. The third kappa shape index (κ3) is 4.67. The van der Waals surface area contributed by atoms with Crippen LogP contribution in [0, 0.1) is 0 Å².